The van der Waals surface area contributed by atoms with Gasteiger partial charge in [-0.3, -0.25) is 5.10 Å². The van der Waals surface area contributed by atoms with E-state index in [9.17, 15) is 0 Å². The maximum absolute atomic E-state index is 5.72. The van der Waals surface area contributed by atoms with Gasteiger partial charge in [-0.1, -0.05) is 0 Å². The summed E-state index contributed by atoms with van der Waals surface area (Å²) >= 11 is 1.55. The third kappa shape index (κ3) is 2.02. The number of H-pyrrole nitrogens is 1. The molecule has 6 heteroatoms. The number of rotatable bonds is 4. The molecule has 0 unspecified atom stereocenters. The van der Waals surface area contributed by atoms with E-state index in [1.807, 2.05) is 17.5 Å². The van der Waals surface area contributed by atoms with Gasteiger partial charge in [0, 0.05) is 16.8 Å². The molecule has 2 heterocycles. The predicted molar refractivity (Wildman–Crippen MR) is 69.1 cm³/mol. The Morgan fingerprint density at radius 3 is 3.06 bits per heavy atom. The summed E-state index contributed by atoms with van der Waals surface area (Å²) in [5.41, 5.74) is 3.62. The van der Waals surface area contributed by atoms with E-state index in [1.54, 1.807) is 30.2 Å². The Hall–Kier alpha value is -2.08. The first kappa shape index (κ1) is 11.0. The van der Waals surface area contributed by atoms with Crippen LogP contribution >= 0.6 is 11.3 Å². The van der Waals surface area contributed by atoms with Crippen LogP contribution in [-0.4, -0.2) is 22.3 Å². The lowest BCUT2D eigenvalue weighted by Gasteiger charge is -2.09. The molecule has 0 radical (unpaired) electrons. The first-order valence-corrected chi connectivity index (χ1v) is 6.32. The van der Waals surface area contributed by atoms with Crippen LogP contribution in [0.4, 0.5) is 0 Å². The van der Waals surface area contributed by atoms with Gasteiger partial charge in [0.1, 0.15) is 6.61 Å². The lowest BCUT2D eigenvalue weighted by atomic mass is 10.2. The van der Waals surface area contributed by atoms with Crippen molar-refractivity contribution in [1.82, 2.24) is 15.2 Å². The fourth-order valence-corrected chi connectivity index (χ4v) is 2.23. The van der Waals surface area contributed by atoms with Crippen molar-refractivity contribution >= 4 is 22.2 Å². The van der Waals surface area contributed by atoms with Crippen molar-refractivity contribution in [3.8, 4) is 11.5 Å². The predicted octanol–water partition coefficient (Wildman–Crippen LogP) is 2.61. The fourth-order valence-electron chi connectivity index (χ4n) is 1.68. The maximum Gasteiger partial charge on any atom is 0.163 e. The molecule has 5 nitrogen and oxygen atoms in total. The number of methoxy groups -OCH3 is 1. The summed E-state index contributed by atoms with van der Waals surface area (Å²) in [6, 6.07) is 3.78. The number of hydrogen-bond donors (Lipinski definition) is 1. The highest BCUT2D eigenvalue weighted by Gasteiger charge is 2.08. The van der Waals surface area contributed by atoms with Crippen LogP contribution in [0.25, 0.3) is 10.9 Å². The Bertz CT molecular complexity index is 648. The summed E-state index contributed by atoms with van der Waals surface area (Å²) in [4.78, 5) is 4.17. The molecular formula is C12H11N3O2S. The average Bonchev–Trinajstić information content (AvgIpc) is 3.05. The monoisotopic (exact) mass is 261 g/mol. The topological polar surface area (TPSA) is 60.0 Å². The van der Waals surface area contributed by atoms with Crippen molar-refractivity contribution < 1.29 is 9.47 Å². The van der Waals surface area contributed by atoms with Crippen molar-refractivity contribution in [2.45, 2.75) is 6.61 Å². The molecule has 0 aliphatic heterocycles. The van der Waals surface area contributed by atoms with Gasteiger partial charge in [0.25, 0.3) is 0 Å². The van der Waals surface area contributed by atoms with Crippen molar-refractivity contribution in [3.63, 3.8) is 0 Å². The van der Waals surface area contributed by atoms with Crippen LogP contribution in [0.3, 0.4) is 0 Å². The van der Waals surface area contributed by atoms with E-state index < -0.39 is 0 Å². The number of aromatic nitrogens is 3. The van der Waals surface area contributed by atoms with E-state index in [0.717, 1.165) is 16.6 Å². The number of nitrogens with one attached hydrogen (secondary N) is 1. The largest absolute Gasteiger partial charge is 0.493 e. The number of thiazole rings is 1. The molecule has 0 bridgehead atoms. The van der Waals surface area contributed by atoms with Gasteiger partial charge in [0.15, 0.2) is 11.5 Å². The zero-order valence-electron chi connectivity index (χ0n) is 9.71. The Morgan fingerprint density at radius 2 is 2.28 bits per heavy atom. The van der Waals surface area contributed by atoms with Gasteiger partial charge in [0.05, 0.1) is 30.0 Å². The van der Waals surface area contributed by atoms with Crippen LogP contribution in [0.1, 0.15) is 5.69 Å². The lowest BCUT2D eigenvalue weighted by molar-refractivity contribution is 0.282. The van der Waals surface area contributed by atoms with E-state index in [1.165, 1.54) is 0 Å². The molecule has 18 heavy (non-hydrogen) atoms. The molecule has 0 spiro atoms. The molecule has 1 N–H and O–H groups in total. The average molecular weight is 261 g/mol. The minimum Gasteiger partial charge on any atom is -0.493 e. The minimum absolute atomic E-state index is 0.430. The molecule has 0 aliphatic carbocycles. The zero-order valence-corrected chi connectivity index (χ0v) is 10.5. The third-order valence-corrected chi connectivity index (χ3v) is 3.22. The minimum atomic E-state index is 0.430. The smallest absolute Gasteiger partial charge is 0.163 e. The number of benzene rings is 1. The van der Waals surface area contributed by atoms with E-state index >= 15 is 0 Å². The van der Waals surface area contributed by atoms with Gasteiger partial charge >= 0.3 is 0 Å². The Kier molecular flexibility index (Phi) is 2.85. The van der Waals surface area contributed by atoms with Gasteiger partial charge < -0.3 is 9.47 Å². The Balaban J connectivity index is 1.89. The van der Waals surface area contributed by atoms with Crippen LogP contribution in [-0.2, 0) is 6.61 Å². The number of ether oxygens (including phenoxy) is 2. The van der Waals surface area contributed by atoms with Crippen molar-refractivity contribution in [3.05, 3.63) is 34.9 Å². The fraction of sp³-hybridized carbons (Fsp3) is 0.167. The molecule has 0 atom stereocenters. The zero-order chi connectivity index (χ0) is 12.4. The molecule has 0 fully saturated rings. The van der Waals surface area contributed by atoms with E-state index in [4.69, 9.17) is 9.47 Å². The lowest BCUT2D eigenvalue weighted by Crippen LogP contribution is -1.97. The van der Waals surface area contributed by atoms with Crippen LogP contribution in [0, 0.1) is 0 Å². The molecule has 1 aromatic carbocycles. The van der Waals surface area contributed by atoms with Crippen molar-refractivity contribution in [2.75, 3.05) is 7.11 Å². The maximum atomic E-state index is 5.72. The number of aromatic amines is 1. The highest BCUT2D eigenvalue weighted by Crippen LogP contribution is 2.31. The standard InChI is InChI=1S/C12H11N3O2S/c1-16-11-2-8-4-14-15-10(8)3-12(11)17-5-9-6-18-7-13-9/h2-4,6-7H,5H2,1H3,(H,14,15). The molecule has 2 aromatic heterocycles. The van der Waals surface area contributed by atoms with E-state index in [2.05, 4.69) is 15.2 Å². The van der Waals surface area contributed by atoms with Crippen LogP contribution in [0.2, 0.25) is 0 Å². The highest BCUT2D eigenvalue weighted by atomic mass is 32.1. The molecule has 0 aliphatic rings. The molecule has 0 saturated carbocycles. The van der Waals surface area contributed by atoms with E-state index in [-0.39, 0.29) is 0 Å². The summed E-state index contributed by atoms with van der Waals surface area (Å²) in [7, 11) is 1.62. The number of fused-ring (bicyclic) bond motifs is 1. The van der Waals surface area contributed by atoms with Crippen molar-refractivity contribution in [1.29, 1.82) is 0 Å². The van der Waals surface area contributed by atoms with Crippen LogP contribution < -0.4 is 9.47 Å². The normalized spacial score (nSPS) is 10.7. The first-order chi connectivity index (χ1) is 8.86. The third-order valence-electron chi connectivity index (χ3n) is 2.58. The Labute approximate surface area is 107 Å². The van der Waals surface area contributed by atoms with Crippen LogP contribution in [0.15, 0.2) is 29.2 Å². The Morgan fingerprint density at radius 1 is 1.33 bits per heavy atom. The molecular weight excluding hydrogens is 250 g/mol. The molecule has 3 rings (SSSR count). The van der Waals surface area contributed by atoms with Gasteiger partial charge in [0.2, 0.25) is 0 Å². The molecule has 0 saturated heterocycles. The summed E-state index contributed by atoms with van der Waals surface area (Å²) in [6.45, 7) is 0.430. The number of hydrogen-bond acceptors (Lipinski definition) is 5. The second kappa shape index (κ2) is 4.66. The second-order valence-corrected chi connectivity index (χ2v) is 4.45. The molecule has 3 aromatic rings. The quantitative estimate of drug-likeness (QED) is 0.784. The first-order valence-electron chi connectivity index (χ1n) is 5.38. The summed E-state index contributed by atoms with van der Waals surface area (Å²) in [5, 5.41) is 9.84. The number of nitrogens with zero attached hydrogens (tertiary/aromatic N) is 2. The highest BCUT2D eigenvalue weighted by molar-refractivity contribution is 7.07. The van der Waals surface area contributed by atoms with Crippen LogP contribution in [0.5, 0.6) is 11.5 Å². The second-order valence-electron chi connectivity index (χ2n) is 3.73. The molecule has 0 amide bonds. The van der Waals surface area contributed by atoms with Crippen molar-refractivity contribution in [2.24, 2.45) is 0 Å². The summed E-state index contributed by atoms with van der Waals surface area (Å²) < 4.78 is 11.0. The van der Waals surface area contributed by atoms with Gasteiger partial charge in [-0.2, -0.15) is 5.10 Å². The van der Waals surface area contributed by atoms with Gasteiger partial charge in [-0.25, -0.2) is 4.98 Å². The van der Waals surface area contributed by atoms with Gasteiger partial charge in [-0.05, 0) is 6.07 Å². The summed E-state index contributed by atoms with van der Waals surface area (Å²) in [6.07, 6.45) is 1.75. The van der Waals surface area contributed by atoms with Gasteiger partial charge in [-0.15, -0.1) is 11.3 Å². The summed E-state index contributed by atoms with van der Waals surface area (Å²) in [5.74, 6) is 1.38. The molecule has 92 valence electrons. The van der Waals surface area contributed by atoms with E-state index in [0.29, 0.717) is 18.1 Å². The SMILES string of the molecule is COc1cc2cn[nH]c2cc1OCc1cscn1.